The van der Waals surface area contributed by atoms with Crippen molar-refractivity contribution in [3.05, 3.63) is 66.2 Å². The van der Waals surface area contributed by atoms with Gasteiger partial charge in [0.1, 0.15) is 12.1 Å². The highest BCUT2D eigenvalue weighted by Crippen LogP contribution is 2.37. The van der Waals surface area contributed by atoms with Gasteiger partial charge in [-0.15, -0.1) is 9.19 Å². The summed E-state index contributed by atoms with van der Waals surface area (Å²) in [5.74, 6) is 1.53. The third-order valence-corrected chi connectivity index (χ3v) is 7.61. The number of methoxy groups -OCH3 is 1. The Bertz CT molecular complexity index is 1260. The van der Waals surface area contributed by atoms with Crippen molar-refractivity contribution in [2.24, 2.45) is 0 Å². The molecule has 1 aromatic heterocycles. The van der Waals surface area contributed by atoms with Crippen molar-refractivity contribution in [2.75, 3.05) is 38.2 Å². The molecule has 33 heavy (non-hydrogen) atoms. The molecule has 1 saturated heterocycles. The third-order valence-electron chi connectivity index (χ3n) is 6.07. The van der Waals surface area contributed by atoms with Crippen molar-refractivity contribution in [3.8, 4) is 5.75 Å². The van der Waals surface area contributed by atoms with Crippen LogP contribution in [-0.2, 0) is 10.0 Å². The molecule has 1 amide bonds. The van der Waals surface area contributed by atoms with Gasteiger partial charge in [-0.3, -0.25) is 4.79 Å². The highest BCUT2D eigenvalue weighted by atomic mass is 32.2. The fourth-order valence-electron chi connectivity index (χ4n) is 4.01. The number of hydrogen-bond donors (Lipinski definition) is 0. The second kappa shape index (κ2) is 8.51. The van der Waals surface area contributed by atoms with Crippen LogP contribution in [-0.4, -0.2) is 66.7 Å². The molecule has 2 fully saturated rings. The molecule has 9 nitrogen and oxygen atoms in total. The lowest BCUT2D eigenvalue weighted by molar-refractivity contribution is 0.0746. The Kier molecular flexibility index (Phi) is 5.53. The second-order valence-electron chi connectivity index (χ2n) is 8.23. The number of rotatable bonds is 6. The summed E-state index contributed by atoms with van der Waals surface area (Å²) in [6, 6.07) is 13.9. The summed E-state index contributed by atoms with van der Waals surface area (Å²) in [5, 5.41) is 4.12. The maximum Gasteiger partial charge on any atom is 0.284 e. The molecule has 0 spiro atoms. The predicted molar refractivity (Wildman–Crippen MR) is 122 cm³/mol. The first-order chi connectivity index (χ1) is 16.0. The van der Waals surface area contributed by atoms with Crippen molar-refractivity contribution in [3.63, 3.8) is 0 Å². The topological polar surface area (TPSA) is 97.6 Å². The number of hydrogen-bond acceptors (Lipinski definition) is 7. The Morgan fingerprint density at radius 1 is 1.00 bits per heavy atom. The highest BCUT2D eigenvalue weighted by Gasteiger charge is 2.30. The average Bonchev–Trinajstić information content (AvgIpc) is 3.59. The molecular weight excluding hydrogens is 442 g/mol. The number of para-hydroxylation sites is 2. The van der Waals surface area contributed by atoms with Gasteiger partial charge in [-0.2, -0.15) is 8.42 Å². The molecule has 2 aliphatic rings. The van der Waals surface area contributed by atoms with E-state index >= 15 is 0 Å². The Labute approximate surface area is 192 Å². The van der Waals surface area contributed by atoms with Crippen molar-refractivity contribution < 1.29 is 17.9 Å². The number of ether oxygens (including phenoxy) is 1. The fraction of sp³-hybridized carbons (Fsp3) is 0.348. The van der Waals surface area contributed by atoms with Gasteiger partial charge in [0.15, 0.2) is 5.82 Å². The van der Waals surface area contributed by atoms with E-state index in [4.69, 9.17) is 4.74 Å². The molecule has 0 unspecified atom stereocenters. The van der Waals surface area contributed by atoms with Gasteiger partial charge >= 0.3 is 0 Å². The number of benzene rings is 2. The summed E-state index contributed by atoms with van der Waals surface area (Å²) in [6.07, 6.45) is 3.23. The Morgan fingerprint density at radius 3 is 2.36 bits per heavy atom. The molecule has 0 bridgehead atoms. The summed E-state index contributed by atoms with van der Waals surface area (Å²) >= 11 is 0. The lowest BCUT2D eigenvalue weighted by Gasteiger charge is -2.36. The SMILES string of the molecule is COc1ccccc1N1CCN(C(=O)c2ccc(S(=O)(=O)n3cnc(C4CC4)n3)cc2)CC1. The van der Waals surface area contributed by atoms with Gasteiger partial charge in [-0.05, 0) is 49.2 Å². The maximum atomic E-state index is 13.0. The van der Waals surface area contributed by atoms with Gasteiger partial charge in [0.25, 0.3) is 15.9 Å². The van der Waals surface area contributed by atoms with E-state index in [2.05, 4.69) is 15.0 Å². The predicted octanol–water partition coefficient (Wildman–Crippen LogP) is 2.36. The van der Waals surface area contributed by atoms with Gasteiger partial charge in [0, 0.05) is 37.7 Å². The molecule has 1 aliphatic heterocycles. The fourth-order valence-corrected chi connectivity index (χ4v) is 5.07. The number of carbonyl (C=O) groups excluding carboxylic acids is 1. The van der Waals surface area contributed by atoms with Crippen molar-refractivity contribution in [2.45, 2.75) is 23.7 Å². The van der Waals surface area contributed by atoms with Gasteiger partial charge in [-0.25, -0.2) is 4.98 Å². The van der Waals surface area contributed by atoms with E-state index in [0.29, 0.717) is 37.6 Å². The second-order valence-corrected chi connectivity index (χ2v) is 10.0. The molecular formula is C23H25N5O4S. The molecule has 0 atom stereocenters. The monoisotopic (exact) mass is 467 g/mol. The number of carbonyl (C=O) groups is 1. The van der Waals surface area contributed by atoms with Crippen LogP contribution in [0.25, 0.3) is 0 Å². The lowest BCUT2D eigenvalue weighted by atomic mass is 10.1. The summed E-state index contributed by atoms with van der Waals surface area (Å²) in [7, 11) is -2.19. The largest absolute Gasteiger partial charge is 0.495 e. The van der Waals surface area contributed by atoms with Gasteiger partial charge in [0.2, 0.25) is 0 Å². The molecule has 0 radical (unpaired) electrons. The van der Waals surface area contributed by atoms with Gasteiger partial charge in [0.05, 0.1) is 17.7 Å². The van der Waals surface area contributed by atoms with Crippen LogP contribution in [0, 0.1) is 0 Å². The molecule has 10 heteroatoms. The minimum atomic E-state index is -3.84. The lowest BCUT2D eigenvalue weighted by Crippen LogP contribution is -2.48. The summed E-state index contributed by atoms with van der Waals surface area (Å²) in [4.78, 5) is 21.2. The molecule has 2 aromatic carbocycles. The Morgan fingerprint density at radius 2 is 1.70 bits per heavy atom. The number of nitrogens with zero attached hydrogens (tertiary/aromatic N) is 5. The zero-order valence-corrected chi connectivity index (χ0v) is 19.1. The maximum absolute atomic E-state index is 13.0. The Hall–Kier alpha value is -3.40. The summed E-state index contributed by atoms with van der Waals surface area (Å²) in [5.41, 5.74) is 1.47. The van der Waals surface area contributed by atoms with Crippen LogP contribution in [0.1, 0.15) is 34.9 Å². The third kappa shape index (κ3) is 4.18. The van der Waals surface area contributed by atoms with Crippen LogP contribution in [0.4, 0.5) is 5.69 Å². The zero-order chi connectivity index (χ0) is 23.0. The zero-order valence-electron chi connectivity index (χ0n) is 18.3. The smallest absolute Gasteiger partial charge is 0.284 e. The van der Waals surface area contributed by atoms with Crippen molar-refractivity contribution >= 4 is 21.6 Å². The van der Waals surface area contributed by atoms with Gasteiger partial charge in [-0.1, -0.05) is 12.1 Å². The minimum absolute atomic E-state index is 0.0762. The summed E-state index contributed by atoms with van der Waals surface area (Å²) < 4.78 is 32.0. The number of piperazine rings is 1. The van der Waals surface area contributed by atoms with Crippen LogP contribution < -0.4 is 9.64 Å². The molecule has 2 heterocycles. The molecule has 1 aliphatic carbocycles. The number of aromatic nitrogens is 3. The first-order valence-electron chi connectivity index (χ1n) is 10.9. The van der Waals surface area contributed by atoms with E-state index in [9.17, 15) is 13.2 Å². The minimum Gasteiger partial charge on any atom is -0.495 e. The highest BCUT2D eigenvalue weighted by molar-refractivity contribution is 7.89. The van der Waals surface area contributed by atoms with Crippen LogP contribution in [0.5, 0.6) is 5.75 Å². The molecule has 172 valence electrons. The molecule has 0 N–H and O–H groups in total. The Balaban J connectivity index is 1.25. The van der Waals surface area contributed by atoms with Gasteiger partial charge < -0.3 is 14.5 Å². The number of amides is 1. The van der Waals surface area contributed by atoms with Crippen LogP contribution >= 0.6 is 0 Å². The van der Waals surface area contributed by atoms with E-state index in [-0.39, 0.29) is 16.7 Å². The van der Waals surface area contributed by atoms with E-state index in [0.717, 1.165) is 28.4 Å². The van der Waals surface area contributed by atoms with E-state index in [1.165, 1.54) is 18.5 Å². The average molecular weight is 468 g/mol. The quantitative estimate of drug-likeness (QED) is 0.549. The van der Waals surface area contributed by atoms with Crippen LogP contribution in [0.15, 0.2) is 59.8 Å². The van der Waals surface area contributed by atoms with Crippen molar-refractivity contribution in [1.29, 1.82) is 0 Å². The molecule has 5 rings (SSSR count). The summed E-state index contributed by atoms with van der Waals surface area (Å²) in [6.45, 7) is 2.52. The number of anilines is 1. The van der Waals surface area contributed by atoms with E-state index < -0.39 is 10.0 Å². The normalized spacial score (nSPS) is 16.6. The van der Waals surface area contributed by atoms with Crippen molar-refractivity contribution in [1.82, 2.24) is 19.1 Å². The first-order valence-corrected chi connectivity index (χ1v) is 12.4. The first kappa shape index (κ1) is 21.4. The standard InChI is InChI=1S/C23H25N5O4S/c1-32-21-5-3-2-4-20(21)26-12-14-27(15-13-26)23(29)18-8-10-19(11-9-18)33(30,31)28-16-24-22(25-28)17-6-7-17/h2-5,8-11,16-17H,6-7,12-15H2,1H3. The van der Waals surface area contributed by atoms with Crippen LogP contribution in [0.3, 0.4) is 0 Å². The van der Waals surface area contributed by atoms with E-state index in [1.807, 2.05) is 24.3 Å². The molecule has 1 saturated carbocycles. The van der Waals surface area contributed by atoms with Crippen LogP contribution in [0.2, 0.25) is 0 Å². The van der Waals surface area contributed by atoms with E-state index in [1.54, 1.807) is 24.1 Å². The molecule has 3 aromatic rings.